The highest BCUT2D eigenvalue weighted by Crippen LogP contribution is 2.32. The molecule has 0 bridgehead atoms. The Morgan fingerprint density at radius 2 is 2.17 bits per heavy atom. The number of ether oxygens (including phenoxy) is 1. The van der Waals surface area contributed by atoms with Crippen LogP contribution in [-0.4, -0.2) is 16.5 Å². The van der Waals surface area contributed by atoms with E-state index in [2.05, 4.69) is 31.2 Å². The predicted octanol–water partition coefficient (Wildman–Crippen LogP) is 4.12. The van der Waals surface area contributed by atoms with Crippen LogP contribution < -0.4 is 10.1 Å². The lowest BCUT2D eigenvalue weighted by molar-refractivity contribution is 0.460. The first-order valence-corrected chi connectivity index (χ1v) is 6.56. The van der Waals surface area contributed by atoms with Gasteiger partial charge in [-0.3, -0.25) is 0 Å². The molecule has 0 atom stereocenters. The number of nitrogens with one attached hydrogen (secondary N) is 1. The van der Waals surface area contributed by atoms with Gasteiger partial charge in [-0.05, 0) is 35.0 Å². The molecule has 4 nitrogen and oxygen atoms in total. The lowest BCUT2D eigenvalue weighted by Gasteiger charge is -2.09. The summed E-state index contributed by atoms with van der Waals surface area (Å²) in [6.07, 6.45) is 1.51. The summed E-state index contributed by atoms with van der Waals surface area (Å²) in [5.74, 6) is 1.47. The lowest BCUT2D eigenvalue weighted by atomic mass is 10.3. The van der Waals surface area contributed by atoms with Gasteiger partial charge in [0.25, 0.3) is 0 Å². The summed E-state index contributed by atoms with van der Waals surface area (Å²) in [4.78, 5) is 8.25. The third kappa shape index (κ3) is 3.11. The van der Waals surface area contributed by atoms with Crippen molar-refractivity contribution in [3.8, 4) is 11.6 Å². The van der Waals surface area contributed by atoms with E-state index in [-0.39, 0.29) is 0 Å². The first-order chi connectivity index (χ1) is 8.70. The molecule has 1 aromatic carbocycles. The van der Waals surface area contributed by atoms with E-state index in [0.29, 0.717) is 22.6 Å². The molecule has 1 heterocycles. The molecule has 2 rings (SSSR count). The van der Waals surface area contributed by atoms with Crippen LogP contribution in [0.2, 0.25) is 5.02 Å². The van der Waals surface area contributed by atoms with Crippen molar-refractivity contribution < 1.29 is 4.74 Å². The predicted molar refractivity (Wildman–Crippen MR) is 75.4 cm³/mol. The lowest BCUT2D eigenvalue weighted by Crippen LogP contribution is -2.03. The fourth-order valence-electron chi connectivity index (χ4n) is 1.30. The average molecular weight is 329 g/mol. The van der Waals surface area contributed by atoms with E-state index in [1.54, 1.807) is 0 Å². The van der Waals surface area contributed by atoms with Crippen LogP contribution in [0, 0.1) is 0 Å². The summed E-state index contributed by atoms with van der Waals surface area (Å²) in [5.41, 5.74) is 0. The summed E-state index contributed by atoms with van der Waals surface area (Å²) in [5, 5.41) is 3.37. The third-order valence-electron chi connectivity index (χ3n) is 2.09. The molecule has 2 aromatic rings. The van der Waals surface area contributed by atoms with Gasteiger partial charge in [-0.1, -0.05) is 23.7 Å². The van der Waals surface area contributed by atoms with Crippen LogP contribution in [0.1, 0.15) is 6.92 Å². The minimum Gasteiger partial charge on any atom is -0.436 e. The van der Waals surface area contributed by atoms with Crippen LogP contribution in [0.5, 0.6) is 11.6 Å². The first kappa shape index (κ1) is 13.1. The van der Waals surface area contributed by atoms with E-state index in [0.717, 1.165) is 11.0 Å². The summed E-state index contributed by atoms with van der Waals surface area (Å²) in [6, 6.07) is 7.49. The quantitative estimate of drug-likeness (QED) is 0.917. The molecular weight excluding hydrogens is 318 g/mol. The van der Waals surface area contributed by atoms with Crippen LogP contribution in [0.3, 0.4) is 0 Å². The summed E-state index contributed by atoms with van der Waals surface area (Å²) < 4.78 is 6.49. The van der Waals surface area contributed by atoms with Gasteiger partial charge >= 0.3 is 0 Å². The van der Waals surface area contributed by atoms with E-state index in [9.17, 15) is 0 Å². The second-order valence-corrected chi connectivity index (χ2v) is 4.67. The van der Waals surface area contributed by atoms with E-state index in [4.69, 9.17) is 16.3 Å². The minimum atomic E-state index is 0.328. The highest BCUT2D eigenvalue weighted by Gasteiger charge is 2.09. The van der Waals surface area contributed by atoms with Crippen LogP contribution in [0.4, 0.5) is 5.95 Å². The maximum Gasteiger partial charge on any atom is 0.243 e. The topological polar surface area (TPSA) is 47.0 Å². The Bertz CT molecular complexity index is 551. The molecule has 6 heteroatoms. The number of hydrogen-bond donors (Lipinski definition) is 1. The Morgan fingerprint density at radius 1 is 1.39 bits per heavy atom. The molecule has 18 heavy (non-hydrogen) atoms. The number of hydrogen-bond acceptors (Lipinski definition) is 4. The molecule has 0 aliphatic rings. The van der Waals surface area contributed by atoms with Gasteiger partial charge in [-0.2, -0.15) is 4.98 Å². The van der Waals surface area contributed by atoms with E-state index in [1.807, 2.05) is 31.2 Å². The van der Waals surface area contributed by atoms with E-state index >= 15 is 0 Å². The van der Waals surface area contributed by atoms with Crippen LogP contribution in [0.15, 0.2) is 34.9 Å². The van der Waals surface area contributed by atoms with Gasteiger partial charge in [0, 0.05) is 6.54 Å². The molecule has 94 valence electrons. The van der Waals surface area contributed by atoms with Gasteiger partial charge in [0.2, 0.25) is 11.8 Å². The van der Waals surface area contributed by atoms with E-state index in [1.165, 1.54) is 6.20 Å². The zero-order valence-corrected chi connectivity index (χ0v) is 12.0. The minimum absolute atomic E-state index is 0.328. The van der Waals surface area contributed by atoms with Crippen molar-refractivity contribution in [2.75, 3.05) is 11.9 Å². The monoisotopic (exact) mass is 327 g/mol. The molecule has 0 aliphatic carbocycles. The molecule has 0 saturated heterocycles. The summed E-state index contributed by atoms with van der Waals surface area (Å²) >= 11 is 9.41. The van der Waals surface area contributed by atoms with Crippen molar-refractivity contribution in [2.45, 2.75) is 6.92 Å². The first-order valence-electron chi connectivity index (χ1n) is 5.39. The maximum atomic E-state index is 6.01. The Balaban J connectivity index is 2.28. The number of nitrogens with zero attached hydrogens (tertiary/aromatic N) is 2. The molecule has 1 aromatic heterocycles. The average Bonchev–Trinajstić information content (AvgIpc) is 2.36. The van der Waals surface area contributed by atoms with Crippen molar-refractivity contribution in [1.82, 2.24) is 9.97 Å². The molecule has 0 unspecified atom stereocenters. The number of rotatable bonds is 4. The largest absolute Gasteiger partial charge is 0.436 e. The Labute approximate surface area is 118 Å². The van der Waals surface area contributed by atoms with Gasteiger partial charge < -0.3 is 10.1 Å². The number of aromatic nitrogens is 2. The van der Waals surface area contributed by atoms with Gasteiger partial charge in [-0.25, -0.2) is 4.98 Å². The molecule has 1 N–H and O–H groups in total. The highest BCUT2D eigenvalue weighted by molar-refractivity contribution is 9.10. The van der Waals surface area contributed by atoms with Crippen molar-refractivity contribution in [3.05, 3.63) is 40.0 Å². The van der Waals surface area contributed by atoms with Crippen molar-refractivity contribution in [2.24, 2.45) is 0 Å². The molecule has 0 saturated carbocycles. The molecule has 0 amide bonds. The number of anilines is 1. The SMILES string of the molecule is CCNc1ncc(Cl)c(Oc2ccccc2Br)n1. The Morgan fingerprint density at radius 3 is 2.89 bits per heavy atom. The van der Waals surface area contributed by atoms with Crippen LogP contribution in [-0.2, 0) is 0 Å². The van der Waals surface area contributed by atoms with Crippen molar-refractivity contribution in [1.29, 1.82) is 0 Å². The summed E-state index contributed by atoms with van der Waals surface area (Å²) in [7, 11) is 0. The number of para-hydroxylation sites is 1. The number of benzene rings is 1. The van der Waals surface area contributed by atoms with Crippen molar-refractivity contribution in [3.63, 3.8) is 0 Å². The van der Waals surface area contributed by atoms with Gasteiger partial charge in [-0.15, -0.1) is 0 Å². The van der Waals surface area contributed by atoms with Gasteiger partial charge in [0.1, 0.15) is 10.8 Å². The smallest absolute Gasteiger partial charge is 0.243 e. The molecule has 0 fully saturated rings. The van der Waals surface area contributed by atoms with Gasteiger partial charge in [0.05, 0.1) is 10.7 Å². The zero-order chi connectivity index (χ0) is 13.0. The normalized spacial score (nSPS) is 10.2. The molecule has 0 radical (unpaired) electrons. The van der Waals surface area contributed by atoms with E-state index < -0.39 is 0 Å². The van der Waals surface area contributed by atoms with Crippen LogP contribution >= 0.6 is 27.5 Å². The fraction of sp³-hybridized carbons (Fsp3) is 0.167. The van der Waals surface area contributed by atoms with Crippen LogP contribution in [0.25, 0.3) is 0 Å². The second-order valence-electron chi connectivity index (χ2n) is 3.41. The Hall–Kier alpha value is -1.33. The number of halogens is 2. The zero-order valence-electron chi connectivity index (χ0n) is 9.65. The molecular formula is C12H11BrClN3O. The highest BCUT2D eigenvalue weighted by atomic mass is 79.9. The fourth-order valence-corrected chi connectivity index (χ4v) is 1.79. The molecule has 0 aliphatic heterocycles. The second kappa shape index (κ2) is 6.02. The molecule has 0 spiro atoms. The van der Waals surface area contributed by atoms with Gasteiger partial charge in [0.15, 0.2) is 0 Å². The van der Waals surface area contributed by atoms with Crippen molar-refractivity contribution >= 4 is 33.5 Å². The maximum absolute atomic E-state index is 6.01. The summed E-state index contributed by atoms with van der Waals surface area (Å²) in [6.45, 7) is 2.70. The third-order valence-corrected chi connectivity index (χ3v) is 3.00. The Kier molecular flexibility index (Phi) is 4.38. The standard InChI is InChI=1S/C12H11BrClN3O/c1-2-15-12-16-7-9(14)11(17-12)18-10-6-4-3-5-8(10)13/h3-7H,2H2,1H3,(H,15,16,17).